The summed E-state index contributed by atoms with van der Waals surface area (Å²) in [5, 5.41) is 0.582. The Morgan fingerprint density at radius 2 is 2.06 bits per heavy atom. The summed E-state index contributed by atoms with van der Waals surface area (Å²) in [4.78, 5) is 11.9. The monoisotopic (exact) mass is 248 g/mol. The summed E-state index contributed by atoms with van der Waals surface area (Å²) in [6.45, 7) is 2.18. The molecule has 17 heavy (non-hydrogen) atoms. The Morgan fingerprint density at radius 3 is 2.76 bits per heavy atom. The highest BCUT2D eigenvalue weighted by atomic mass is 35.5. The van der Waals surface area contributed by atoms with Crippen molar-refractivity contribution in [3.05, 3.63) is 63.0 Å². The summed E-state index contributed by atoms with van der Waals surface area (Å²) in [6, 6.07) is 8.97. The SMILES string of the molecule is Cc1cccn(Cc2c(N)cccc2Cl)c1=O. The van der Waals surface area contributed by atoms with E-state index >= 15 is 0 Å². The van der Waals surface area contributed by atoms with Gasteiger partial charge in [-0.1, -0.05) is 23.7 Å². The lowest BCUT2D eigenvalue weighted by atomic mass is 10.1. The zero-order valence-corrected chi connectivity index (χ0v) is 10.2. The van der Waals surface area contributed by atoms with Crippen molar-refractivity contribution in [2.75, 3.05) is 5.73 Å². The predicted octanol–water partition coefficient (Wildman–Crippen LogP) is 2.44. The molecule has 3 nitrogen and oxygen atoms in total. The molecule has 88 valence electrons. The third kappa shape index (κ3) is 2.34. The number of rotatable bonds is 2. The molecule has 2 rings (SSSR count). The standard InChI is InChI=1S/C13H13ClN2O/c1-9-4-3-7-16(13(9)17)8-10-11(14)5-2-6-12(10)15/h2-7H,8,15H2,1H3. The Hall–Kier alpha value is -1.74. The molecule has 0 spiro atoms. The van der Waals surface area contributed by atoms with Crippen LogP contribution in [0.3, 0.4) is 0 Å². The van der Waals surface area contributed by atoms with Crippen LogP contribution in [0.25, 0.3) is 0 Å². The summed E-state index contributed by atoms with van der Waals surface area (Å²) in [7, 11) is 0. The zero-order chi connectivity index (χ0) is 12.4. The third-order valence-electron chi connectivity index (χ3n) is 2.69. The van der Waals surface area contributed by atoms with E-state index in [9.17, 15) is 4.79 Å². The Bertz CT molecular complexity index is 584. The molecule has 0 aliphatic carbocycles. The number of nitrogen functional groups attached to an aromatic ring is 1. The van der Waals surface area contributed by atoms with Gasteiger partial charge in [-0.3, -0.25) is 4.79 Å². The largest absolute Gasteiger partial charge is 0.398 e. The minimum atomic E-state index is -0.0215. The number of nitrogens with two attached hydrogens (primary N) is 1. The average molecular weight is 249 g/mol. The maximum Gasteiger partial charge on any atom is 0.253 e. The van der Waals surface area contributed by atoms with Gasteiger partial charge in [0.05, 0.1) is 6.54 Å². The molecule has 2 aromatic rings. The lowest BCUT2D eigenvalue weighted by molar-refractivity contribution is 0.754. The van der Waals surface area contributed by atoms with Crippen molar-refractivity contribution in [2.45, 2.75) is 13.5 Å². The maximum absolute atomic E-state index is 11.9. The summed E-state index contributed by atoms with van der Waals surface area (Å²) >= 11 is 6.08. The van der Waals surface area contributed by atoms with Gasteiger partial charge in [0.1, 0.15) is 0 Å². The van der Waals surface area contributed by atoms with Crippen LogP contribution < -0.4 is 11.3 Å². The van der Waals surface area contributed by atoms with Gasteiger partial charge in [-0.2, -0.15) is 0 Å². The fourth-order valence-electron chi connectivity index (χ4n) is 1.69. The first kappa shape index (κ1) is 11.7. The molecule has 0 fully saturated rings. The van der Waals surface area contributed by atoms with Gasteiger partial charge < -0.3 is 10.3 Å². The molecular weight excluding hydrogens is 236 g/mol. The molecule has 1 aromatic heterocycles. The van der Waals surface area contributed by atoms with Gasteiger partial charge in [0.25, 0.3) is 5.56 Å². The van der Waals surface area contributed by atoms with E-state index in [1.165, 1.54) is 0 Å². The normalized spacial score (nSPS) is 10.5. The summed E-state index contributed by atoms with van der Waals surface area (Å²) in [5.41, 5.74) is 7.92. The van der Waals surface area contributed by atoms with E-state index in [2.05, 4.69) is 0 Å². The van der Waals surface area contributed by atoms with Crippen LogP contribution in [-0.4, -0.2) is 4.57 Å². The molecule has 0 aliphatic heterocycles. The third-order valence-corrected chi connectivity index (χ3v) is 3.05. The molecule has 1 heterocycles. The molecule has 0 atom stereocenters. The zero-order valence-electron chi connectivity index (χ0n) is 9.48. The Kier molecular flexibility index (Phi) is 3.20. The fourth-order valence-corrected chi connectivity index (χ4v) is 1.94. The van der Waals surface area contributed by atoms with Crippen LogP contribution in [0.15, 0.2) is 41.3 Å². The van der Waals surface area contributed by atoms with Crippen LogP contribution in [0.4, 0.5) is 5.69 Å². The van der Waals surface area contributed by atoms with Crippen molar-refractivity contribution in [3.63, 3.8) is 0 Å². The van der Waals surface area contributed by atoms with E-state index in [0.29, 0.717) is 22.8 Å². The van der Waals surface area contributed by atoms with Gasteiger partial charge >= 0.3 is 0 Å². The van der Waals surface area contributed by atoms with E-state index < -0.39 is 0 Å². The molecule has 0 unspecified atom stereocenters. The quantitative estimate of drug-likeness (QED) is 0.830. The van der Waals surface area contributed by atoms with Crippen LogP contribution in [0.1, 0.15) is 11.1 Å². The number of benzene rings is 1. The maximum atomic E-state index is 11.9. The van der Waals surface area contributed by atoms with Crippen molar-refractivity contribution in [1.29, 1.82) is 0 Å². The van der Waals surface area contributed by atoms with Crippen molar-refractivity contribution >= 4 is 17.3 Å². The second-order valence-corrected chi connectivity index (χ2v) is 4.34. The van der Waals surface area contributed by atoms with Crippen molar-refractivity contribution in [3.8, 4) is 0 Å². The number of anilines is 1. The van der Waals surface area contributed by atoms with Crippen LogP contribution in [-0.2, 0) is 6.54 Å². The van der Waals surface area contributed by atoms with Crippen LogP contribution in [0, 0.1) is 6.92 Å². The first-order valence-corrected chi connectivity index (χ1v) is 5.66. The number of aryl methyl sites for hydroxylation is 1. The number of pyridine rings is 1. The van der Waals surface area contributed by atoms with E-state index in [1.54, 1.807) is 42.0 Å². The Morgan fingerprint density at radius 1 is 1.29 bits per heavy atom. The number of hydrogen-bond acceptors (Lipinski definition) is 2. The number of aromatic nitrogens is 1. The van der Waals surface area contributed by atoms with Crippen molar-refractivity contribution in [2.24, 2.45) is 0 Å². The number of nitrogens with zero attached hydrogens (tertiary/aromatic N) is 1. The van der Waals surface area contributed by atoms with Gasteiger partial charge in [0, 0.05) is 28.0 Å². The van der Waals surface area contributed by atoms with Crippen molar-refractivity contribution in [1.82, 2.24) is 4.57 Å². The molecule has 0 amide bonds. The van der Waals surface area contributed by atoms with Gasteiger partial charge in [-0.25, -0.2) is 0 Å². The predicted molar refractivity (Wildman–Crippen MR) is 70.4 cm³/mol. The summed E-state index contributed by atoms with van der Waals surface area (Å²) in [6.07, 6.45) is 1.73. The Balaban J connectivity index is 2.45. The number of halogens is 1. The van der Waals surface area contributed by atoms with E-state index in [4.69, 9.17) is 17.3 Å². The molecule has 4 heteroatoms. The second kappa shape index (κ2) is 4.63. The lowest BCUT2D eigenvalue weighted by Gasteiger charge is -2.10. The molecule has 0 aliphatic rings. The first-order chi connectivity index (χ1) is 8.09. The van der Waals surface area contributed by atoms with E-state index in [0.717, 1.165) is 5.56 Å². The molecule has 0 saturated heterocycles. The molecule has 0 saturated carbocycles. The topological polar surface area (TPSA) is 48.0 Å². The first-order valence-electron chi connectivity index (χ1n) is 5.28. The van der Waals surface area contributed by atoms with Crippen LogP contribution >= 0.6 is 11.6 Å². The Labute approximate surface area is 104 Å². The van der Waals surface area contributed by atoms with Crippen LogP contribution in [0.2, 0.25) is 5.02 Å². The van der Waals surface area contributed by atoms with Gasteiger partial charge in [-0.15, -0.1) is 0 Å². The minimum absolute atomic E-state index is 0.0215. The molecule has 2 N–H and O–H groups in total. The molecule has 0 bridgehead atoms. The molecular formula is C13H13ClN2O. The van der Waals surface area contributed by atoms with Gasteiger partial charge in [0.15, 0.2) is 0 Å². The minimum Gasteiger partial charge on any atom is -0.398 e. The van der Waals surface area contributed by atoms with E-state index in [1.807, 2.05) is 6.07 Å². The second-order valence-electron chi connectivity index (χ2n) is 3.93. The fraction of sp³-hybridized carbons (Fsp3) is 0.154. The van der Waals surface area contributed by atoms with Gasteiger partial charge in [0.2, 0.25) is 0 Å². The number of hydrogen-bond donors (Lipinski definition) is 1. The highest BCUT2D eigenvalue weighted by Gasteiger charge is 2.06. The lowest BCUT2D eigenvalue weighted by Crippen LogP contribution is -2.22. The smallest absolute Gasteiger partial charge is 0.253 e. The summed E-state index contributed by atoms with van der Waals surface area (Å²) in [5.74, 6) is 0. The molecule has 1 aromatic carbocycles. The van der Waals surface area contributed by atoms with Gasteiger partial charge in [-0.05, 0) is 25.1 Å². The highest BCUT2D eigenvalue weighted by molar-refractivity contribution is 6.31. The van der Waals surface area contributed by atoms with E-state index in [-0.39, 0.29) is 5.56 Å². The highest BCUT2D eigenvalue weighted by Crippen LogP contribution is 2.22. The molecule has 0 radical (unpaired) electrons. The summed E-state index contributed by atoms with van der Waals surface area (Å²) < 4.78 is 1.60. The average Bonchev–Trinajstić information content (AvgIpc) is 2.29. The van der Waals surface area contributed by atoms with Crippen molar-refractivity contribution < 1.29 is 0 Å². The van der Waals surface area contributed by atoms with Crippen LogP contribution in [0.5, 0.6) is 0 Å².